The monoisotopic (exact) mass is 275 g/mol. The highest BCUT2D eigenvalue weighted by Crippen LogP contribution is 2.21. The van der Waals surface area contributed by atoms with E-state index in [1.165, 1.54) is 4.31 Å². The summed E-state index contributed by atoms with van der Waals surface area (Å²) in [7, 11) is -3.37. The van der Waals surface area contributed by atoms with E-state index in [1.807, 2.05) is 38.1 Å². The van der Waals surface area contributed by atoms with Gasteiger partial charge in [0.1, 0.15) is 0 Å². The standard InChI is InChI=1S/C12H18ClNO2S/c1-4-14(17(15,16)11(3)9-13)12-7-5-10(2)6-8-12/h5-8,11H,4,9H2,1-3H3. The van der Waals surface area contributed by atoms with Gasteiger partial charge in [-0.2, -0.15) is 0 Å². The van der Waals surface area contributed by atoms with Crippen molar-refractivity contribution < 1.29 is 8.42 Å². The molecule has 0 aliphatic heterocycles. The first kappa shape index (κ1) is 14.3. The Kier molecular flexibility index (Phi) is 4.83. The molecule has 0 heterocycles. The van der Waals surface area contributed by atoms with Crippen molar-refractivity contribution in [3.63, 3.8) is 0 Å². The molecule has 0 bridgehead atoms. The van der Waals surface area contributed by atoms with Gasteiger partial charge in [-0.25, -0.2) is 8.42 Å². The molecule has 0 aromatic heterocycles. The molecule has 0 saturated heterocycles. The second-order valence-corrected chi connectivity index (χ2v) is 6.59. The number of hydrogen-bond acceptors (Lipinski definition) is 2. The second kappa shape index (κ2) is 5.74. The van der Waals surface area contributed by atoms with Crippen LogP contribution in [0.1, 0.15) is 19.4 Å². The summed E-state index contributed by atoms with van der Waals surface area (Å²) in [6, 6.07) is 7.44. The molecule has 1 aromatic carbocycles. The Morgan fingerprint density at radius 3 is 2.24 bits per heavy atom. The average molecular weight is 276 g/mol. The number of alkyl halides is 1. The number of halogens is 1. The normalized spacial score (nSPS) is 13.4. The van der Waals surface area contributed by atoms with E-state index < -0.39 is 15.3 Å². The Labute approximate surface area is 108 Å². The Morgan fingerprint density at radius 2 is 1.82 bits per heavy atom. The van der Waals surface area contributed by atoms with Crippen LogP contribution >= 0.6 is 11.6 Å². The van der Waals surface area contributed by atoms with Crippen LogP contribution in [0, 0.1) is 6.92 Å². The van der Waals surface area contributed by atoms with E-state index in [9.17, 15) is 8.42 Å². The maximum Gasteiger partial charge on any atom is 0.238 e. The van der Waals surface area contributed by atoms with Crippen LogP contribution in [0.3, 0.4) is 0 Å². The zero-order valence-corrected chi connectivity index (χ0v) is 11.9. The lowest BCUT2D eigenvalue weighted by Gasteiger charge is -2.25. The van der Waals surface area contributed by atoms with Crippen molar-refractivity contribution in [2.24, 2.45) is 0 Å². The molecule has 5 heteroatoms. The molecule has 96 valence electrons. The third kappa shape index (κ3) is 3.13. The smallest absolute Gasteiger partial charge is 0.238 e. The minimum atomic E-state index is -3.37. The van der Waals surface area contributed by atoms with Crippen molar-refractivity contribution >= 4 is 27.3 Å². The molecule has 0 fully saturated rings. The first-order valence-electron chi connectivity index (χ1n) is 5.57. The summed E-state index contributed by atoms with van der Waals surface area (Å²) in [5, 5.41) is -0.578. The molecule has 1 atom stereocenters. The molecule has 0 saturated carbocycles. The number of hydrogen-bond donors (Lipinski definition) is 0. The molecule has 1 aromatic rings. The fourth-order valence-corrected chi connectivity index (χ4v) is 3.36. The van der Waals surface area contributed by atoms with Crippen LogP contribution in [0.4, 0.5) is 5.69 Å². The van der Waals surface area contributed by atoms with Gasteiger partial charge in [0, 0.05) is 12.4 Å². The summed E-state index contributed by atoms with van der Waals surface area (Å²) >= 11 is 5.64. The number of nitrogens with zero attached hydrogens (tertiary/aromatic N) is 1. The molecular weight excluding hydrogens is 258 g/mol. The number of anilines is 1. The van der Waals surface area contributed by atoms with Gasteiger partial charge >= 0.3 is 0 Å². The van der Waals surface area contributed by atoms with E-state index >= 15 is 0 Å². The Morgan fingerprint density at radius 1 is 1.29 bits per heavy atom. The van der Waals surface area contributed by atoms with Crippen molar-refractivity contribution in [2.75, 3.05) is 16.7 Å². The second-order valence-electron chi connectivity index (χ2n) is 4.01. The maximum absolute atomic E-state index is 12.2. The number of aryl methyl sites for hydroxylation is 1. The summed E-state index contributed by atoms with van der Waals surface area (Å²) < 4.78 is 25.8. The fraction of sp³-hybridized carbons (Fsp3) is 0.500. The van der Waals surface area contributed by atoms with Crippen LogP contribution in [-0.2, 0) is 10.0 Å². The van der Waals surface area contributed by atoms with E-state index in [0.717, 1.165) is 5.56 Å². The van der Waals surface area contributed by atoms with Gasteiger partial charge in [-0.15, -0.1) is 11.6 Å². The van der Waals surface area contributed by atoms with Gasteiger partial charge < -0.3 is 0 Å². The van der Waals surface area contributed by atoms with E-state index in [2.05, 4.69) is 0 Å². The highest BCUT2D eigenvalue weighted by molar-refractivity contribution is 7.93. The lowest BCUT2D eigenvalue weighted by molar-refractivity contribution is 0.583. The van der Waals surface area contributed by atoms with Crippen LogP contribution in [0.15, 0.2) is 24.3 Å². The lowest BCUT2D eigenvalue weighted by atomic mass is 10.2. The third-order valence-corrected chi connectivity index (χ3v) is 5.56. The minimum absolute atomic E-state index is 0.102. The summed E-state index contributed by atoms with van der Waals surface area (Å²) in [6.45, 7) is 5.82. The number of benzene rings is 1. The third-order valence-electron chi connectivity index (χ3n) is 2.64. The first-order valence-corrected chi connectivity index (χ1v) is 7.61. The summed E-state index contributed by atoms with van der Waals surface area (Å²) in [5.41, 5.74) is 1.79. The quantitative estimate of drug-likeness (QED) is 0.775. The largest absolute Gasteiger partial charge is 0.270 e. The van der Waals surface area contributed by atoms with Crippen molar-refractivity contribution in [1.29, 1.82) is 0 Å². The molecule has 1 unspecified atom stereocenters. The van der Waals surface area contributed by atoms with Crippen LogP contribution < -0.4 is 4.31 Å². The molecule has 0 radical (unpaired) electrons. The maximum atomic E-state index is 12.2. The zero-order valence-electron chi connectivity index (χ0n) is 10.4. The molecule has 0 spiro atoms. The number of rotatable bonds is 5. The van der Waals surface area contributed by atoms with Crippen molar-refractivity contribution in [3.05, 3.63) is 29.8 Å². The predicted octanol–water partition coefficient (Wildman–Crippen LogP) is 2.78. The van der Waals surface area contributed by atoms with Gasteiger partial charge in [0.05, 0.1) is 10.9 Å². The minimum Gasteiger partial charge on any atom is -0.270 e. The molecule has 1 rings (SSSR count). The van der Waals surface area contributed by atoms with Gasteiger partial charge in [0.15, 0.2) is 0 Å². The van der Waals surface area contributed by atoms with E-state index in [4.69, 9.17) is 11.6 Å². The lowest BCUT2D eigenvalue weighted by Crippen LogP contribution is -2.38. The zero-order chi connectivity index (χ0) is 13.1. The Balaban J connectivity index is 3.12. The van der Waals surface area contributed by atoms with Crippen molar-refractivity contribution in [2.45, 2.75) is 26.0 Å². The highest BCUT2D eigenvalue weighted by Gasteiger charge is 2.27. The molecule has 0 aliphatic rings. The topological polar surface area (TPSA) is 37.4 Å². The summed E-state index contributed by atoms with van der Waals surface area (Å²) in [4.78, 5) is 0. The van der Waals surface area contributed by atoms with E-state index in [1.54, 1.807) is 6.92 Å². The molecule has 0 amide bonds. The first-order chi connectivity index (χ1) is 7.93. The van der Waals surface area contributed by atoms with Crippen LogP contribution in [0.2, 0.25) is 0 Å². The van der Waals surface area contributed by atoms with E-state index in [-0.39, 0.29) is 5.88 Å². The predicted molar refractivity (Wildman–Crippen MR) is 73.3 cm³/mol. The van der Waals surface area contributed by atoms with Crippen LogP contribution in [-0.4, -0.2) is 26.1 Å². The van der Waals surface area contributed by atoms with Crippen LogP contribution in [0.5, 0.6) is 0 Å². The van der Waals surface area contributed by atoms with Gasteiger partial charge in [-0.3, -0.25) is 4.31 Å². The van der Waals surface area contributed by atoms with Gasteiger partial charge in [-0.05, 0) is 32.9 Å². The van der Waals surface area contributed by atoms with Gasteiger partial charge in [0.25, 0.3) is 0 Å². The average Bonchev–Trinajstić information content (AvgIpc) is 2.31. The van der Waals surface area contributed by atoms with Gasteiger partial charge in [-0.1, -0.05) is 17.7 Å². The van der Waals surface area contributed by atoms with Crippen LogP contribution in [0.25, 0.3) is 0 Å². The highest BCUT2D eigenvalue weighted by atomic mass is 35.5. The van der Waals surface area contributed by atoms with Crippen molar-refractivity contribution in [3.8, 4) is 0 Å². The fourth-order valence-electron chi connectivity index (χ4n) is 1.52. The van der Waals surface area contributed by atoms with Crippen molar-refractivity contribution in [1.82, 2.24) is 0 Å². The summed E-state index contributed by atoms with van der Waals surface area (Å²) in [6.07, 6.45) is 0. The Hall–Kier alpha value is -0.740. The van der Waals surface area contributed by atoms with Gasteiger partial charge in [0.2, 0.25) is 10.0 Å². The molecule has 0 aliphatic carbocycles. The molecule has 17 heavy (non-hydrogen) atoms. The Bertz CT molecular complexity index is 456. The molecule has 0 N–H and O–H groups in total. The molecule has 3 nitrogen and oxygen atoms in total. The van der Waals surface area contributed by atoms with E-state index in [0.29, 0.717) is 12.2 Å². The SMILES string of the molecule is CCN(c1ccc(C)cc1)S(=O)(=O)C(C)CCl. The number of sulfonamides is 1. The summed E-state index contributed by atoms with van der Waals surface area (Å²) in [5.74, 6) is 0.102. The molecular formula is C12H18ClNO2S.